The van der Waals surface area contributed by atoms with Gasteiger partial charge in [0.05, 0.1) is 13.1 Å². The molecule has 0 aliphatic carbocycles. The summed E-state index contributed by atoms with van der Waals surface area (Å²) in [5, 5.41) is 4.95. The number of anilines is 1. The van der Waals surface area contributed by atoms with Crippen molar-refractivity contribution in [1.82, 2.24) is 10.2 Å². The smallest absolute Gasteiger partial charge is 0.243 e. The first-order valence-corrected chi connectivity index (χ1v) is 8.99. The minimum Gasteiger partial charge on any atom is -0.346 e. The van der Waals surface area contributed by atoms with Crippen LogP contribution in [0.2, 0.25) is 0 Å². The number of hydrogen-bond donors (Lipinski definition) is 2. The predicted molar refractivity (Wildman–Crippen MR) is 103 cm³/mol. The highest BCUT2D eigenvalue weighted by Gasteiger charge is 2.16. The molecule has 1 heterocycles. The molecule has 0 saturated heterocycles. The van der Waals surface area contributed by atoms with Gasteiger partial charge < -0.3 is 10.6 Å². The summed E-state index contributed by atoms with van der Waals surface area (Å²) in [4.78, 5) is 25.9. The van der Waals surface area contributed by atoms with Crippen molar-refractivity contribution >= 4 is 23.1 Å². The van der Waals surface area contributed by atoms with Gasteiger partial charge in [0.15, 0.2) is 11.6 Å². The fourth-order valence-corrected chi connectivity index (χ4v) is 2.99. The highest BCUT2D eigenvalue weighted by molar-refractivity contribution is 5.94. The van der Waals surface area contributed by atoms with Crippen molar-refractivity contribution in [3.8, 4) is 0 Å². The molecule has 7 heteroatoms. The fraction of sp³-hybridized carbons (Fsp3) is 0.238. The van der Waals surface area contributed by atoms with Gasteiger partial charge in [-0.25, -0.2) is 8.78 Å². The molecular formula is C21H21F2N3O2. The molecular weight excluding hydrogens is 364 g/mol. The molecule has 1 aliphatic rings. The van der Waals surface area contributed by atoms with Crippen LogP contribution in [0.5, 0.6) is 0 Å². The van der Waals surface area contributed by atoms with Crippen LogP contribution in [-0.4, -0.2) is 42.9 Å². The monoisotopic (exact) mass is 385 g/mol. The second-order valence-corrected chi connectivity index (χ2v) is 6.53. The zero-order valence-corrected chi connectivity index (χ0v) is 15.3. The number of hydrogen-bond acceptors (Lipinski definition) is 3. The molecule has 2 amide bonds. The Labute approximate surface area is 162 Å². The minimum atomic E-state index is -1.05. The Bertz CT molecular complexity index is 884. The van der Waals surface area contributed by atoms with Gasteiger partial charge in [-0.2, -0.15) is 0 Å². The summed E-state index contributed by atoms with van der Waals surface area (Å²) in [6, 6.07) is 13.2. The summed E-state index contributed by atoms with van der Waals surface area (Å²) in [5.41, 5.74) is 2.59. The Hall–Kier alpha value is -3.06. The van der Waals surface area contributed by atoms with E-state index in [4.69, 9.17) is 0 Å². The van der Waals surface area contributed by atoms with E-state index in [0.29, 0.717) is 6.54 Å². The lowest BCUT2D eigenvalue weighted by atomic mass is 10.00. The highest BCUT2D eigenvalue weighted by atomic mass is 19.2. The number of halogens is 2. The van der Waals surface area contributed by atoms with Gasteiger partial charge in [-0.3, -0.25) is 14.5 Å². The third-order valence-corrected chi connectivity index (χ3v) is 4.45. The summed E-state index contributed by atoms with van der Waals surface area (Å²) in [7, 11) is 0. The second kappa shape index (κ2) is 9.23. The average Bonchev–Trinajstić information content (AvgIpc) is 2.70. The van der Waals surface area contributed by atoms with Gasteiger partial charge in [-0.1, -0.05) is 36.4 Å². The molecule has 0 atom stereocenters. The first-order valence-electron chi connectivity index (χ1n) is 8.99. The van der Waals surface area contributed by atoms with Crippen LogP contribution in [0.15, 0.2) is 54.6 Å². The van der Waals surface area contributed by atoms with Crippen molar-refractivity contribution in [2.24, 2.45) is 0 Å². The number of nitrogens with one attached hydrogen (secondary N) is 2. The Kier molecular flexibility index (Phi) is 6.49. The minimum absolute atomic E-state index is 0.132. The van der Waals surface area contributed by atoms with E-state index in [2.05, 4.69) is 28.8 Å². The SMILES string of the molecule is O=C(CN1CC=C(c2ccccc2)CC1)NCC(=O)Nc1ccc(F)c(F)c1. The predicted octanol–water partition coefficient (Wildman–Crippen LogP) is 2.81. The average molecular weight is 385 g/mol. The molecule has 0 bridgehead atoms. The van der Waals surface area contributed by atoms with Gasteiger partial charge in [0.1, 0.15) is 0 Å². The molecule has 0 fully saturated rings. The standard InChI is InChI=1S/C21H21F2N3O2/c22-18-7-6-17(12-19(18)23)25-20(27)13-24-21(28)14-26-10-8-16(9-11-26)15-4-2-1-3-5-15/h1-8,12H,9-11,13-14H2,(H,24,28)(H,25,27). The van der Waals surface area contributed by atoms with Crippen molar-refractivity contribution in [3.63, 3.8) is 0 Å². The van der Waals surface area contributed by atoms with Crippen LogP contribution < -0.4 is 10.6 Å². The van der Waals surface area contributed by atoms with Crippen LogP contribution in [0.1, 0.15) is 12.0 Å². The summed E-state index contributed by atoms with van der Waals surface area (Å²) < 4.78 is 26.0. The topological polar surface area (TPSA) is 61.4 Å². The second-order valence-electron chi connectivity index (χ2n) is 6.53. The molecule has 2 aromatic carbocycles. The molecule has 3 rings (SSSR count). The van der Waals surface area contributed by atoms with Crippen molar-refractivity contribution in [1.29, 1.82) is 0 Å². The molecule has 1 aliphatic heterocycles. The van der Waals surface area contributed by atoms with Gasteiger partial charge in [0.2, 0.25) is 11.8 Å². The van der Waals surface area contributed by atoms with Crippen LogP contribution in [0.25, 0.3) is 5.57 Å². The van der Waals surface area contributed by atoms with E-state index >= 15 is 0 Å². The summed E-state index contributed by atoms with van der Waals surface area (Å²) in [6.45, 7) is 1.38. The number of rotatable bonds is 6. The summed E-state index contributed by atoms with van der Waals surface area (Å²) >= 11 is 0. The van der Waals surface area contributed by atoms with E-state index < -0.39 is 17.5 Å². The zero-order valence-electron chi connectivity index (χ0n) is 15.3. The number of amides is 2. The van der Waals surface area contributed by atoms with Crippen LogP contribution in [-0.2, 0) is 9.59 Å². The molecule has 0 unspecified atom stereocenters. The van der Waals surface area contributed by atoms with Gasteiger partial charge >= 0.3 is 0 Å². The van der Waals surface area contributed by atoms with Gasteiger partial charge in [-0.15, -0.1) is 0 Å². The third kappa shape index (κ3) is 5.47. The van der Waals surface area contributed by atoms with Crippen LogP contribution in [0.4, 0.5) is 14.5 Å². The number of nitrogens with zero attached hydrogens (tertiary/aromatic N) is 1. The molecule has 2 aromatic rings. The fourth-order valence-electron chi connectivity index (χ4n) is 2.99. The van der Waals surface area contributed by atoms with Crippen LogP contribution in [0.3, 0.4) is 0 Å². The molecule has 0 radical (unpaired) electrons. The summed E-state index contributed by atoms with van der Waals surface area (Å²) in [6.07, 6.45) is 2.97. The van der Waals surface area contributed by atoms with E-state index in [1.807, 2.05) is 23.1 Å². The van der Waals surface area contributed by atoms with Gasteiger partial charge in [0, 0.05) is 24.8 Å². The number of carbonyl (C=O) groups is 2. The highest BCUT2D eigenvalue weighted by Crippen LogP contribution is 2.21. The molecule has 2 N–H and O–H groups in total. The van der Waals surface area contributed by atoms with Gasteiger partial charge in [0.25, 0.3) is 0 Å². The van der Waals surface area contributed by atoms with E-state index in [9.17, 15) is 18.4 Å². The maximum absolute atomic E-state index is 13.1. The Balaban J connectivity index is 1.41. The quantitative estimate of drug-likeness (QED) is 0.804. The molecule has 146 valence electrons. The zero-order chi connectivity index (χ0) is 19.9. The van der Waals surface area contributed by atoms with E-state index in [0.717, 1.165) is 25.1 Å². The Morgan fingerprint density at radius 2 is 1.79 bits per heavy atom. The number of benzene rings is 2. The maximum atomic E-state index is 13.1. The molecule has 0 saturated carbocycles. The van der Waals surface area contributed by atoms with Crippen molar-refractivity contribution in [2.75, 3.05) is 31.5 Å². The molecule has 28 heavy (non-hydrogen) atoms. The molecule has 0 spiro atoms. The lowest BCUT2D eigenvalue weighted by Crippen LogP contribution is -2.41. The largest absolute Gasteiger partial charge is 0.346 e. The van der Waals surface area contributed by atoms with Crippen LogP contribution in [0, 0.1) is 11.6 Å². The van der Waals surface area contributed by atoms with Crippen LogP contribution >= 0.6 is 0 Å². The first kappa shape index (κ1) is 19.7. The summed E-state index contributed by atoms with van der Waals surface area (Å²) in [5.74, 6) is -2.81. The van der Waals surface area contributed by atoms with E-state index in [1.165, 1.54) is 17.2 Å². The van der Waals surface area contributed by atoms with Crippen molar-refractivity contribution in [2.45, 2.75) is 6.42 Å². The normalized spacial score (nSPS) is 14.3. The third-order valence-electron chi connectivity index (χ3n) is 4.45. The van der Waals surface area contributed by atoms with E-state index in [1.54, 1.807) is 0 Å². The van der Waals surface area contributed by atoms with Crippen molar-refractivity contribution < 1.29 is 18.4 Å². The number of carbonyl (C=O) groups excluding carboxylic acids is 2. The maximum Gasteiger partial charge on any atom is 0.243 e. The first-order chi connectivity index (χ1) is 13.5. The Morgan fingerprint density at radius 3 is 2.46 bits per heavy atom. The Morgan fingerprint density at radius 1 is 1.00 bits per heavy atom. The van der Waals surface area contributed by atoms with Gasteiger partial charge in [-0.05, 0) is 29.7 Å². The van der Waals surface area contributed by atoms with Crippen molar-refractivity contribution in [3.05, 3.63) is 71.8 Å². The molecule has 0 aromatic heterocycles. The molecule has 5 nitrogen and oxygen atoms in total. The van der Waals surface area contributed by atoms with E-state index in [-0.39, 0.29) is 24.7 Å². The lowest BCUT2D eigenvalue weighted by Gasteiger charge is -2.25. The lowest BCUT2D eigenvalue weighted by molar-refractivity contribution is -0.125.